The van der Waals surface area contributed by atoms with Crippen molar-refractivity contribution in [2.45, 2.75) is 38.3 Å². The summed E-state index contributed by atoms with van der Waals surface area (Å²) in [5.41, 5.74) is 1.96. The third kappa shape index (κ3) is 3.19. The summed E-state index contributed by atoms with van der Waals surface area (Å²) in [6.45, 7) is 7.65. The Morgan fingerprint density at radius 2 is 1.92 bits per heavy atom. The minimum atomic E-state index is 0.599. The molecule has 1 atom stereocenters. The Morgan fingerprint density at radius 3 is 2.58 bits per heavy atom. The van der Waals surface area contributed by atoms with Gasteiger partial charge in [0.15, 0.2) is 0 Å². The summed E-state index contributed by atoms with van der Waals surface area (Å²) in [5.74, 6) is 0.965. The van der Waals surface area contributed by atoms with Crippen LogP contribution in [-0.2, 0) is 11.3 Å². The van der Waals surface area contributed by atoms with Gasteiger partial charge in [-0.2, -0.15) is 0 Å². The molecule has 24 heavy (non-hydrogen) atoms. The van der Waals surface area contributed by atoms with Crippen molar-refractivity contribution in [3.63, 3.8) is 0 Å². The van der Waals surface area contributed by atoms with E-state index < -0.39 is 0 Å². The van der Waals surface area contributed by atoms with E-state index in [4.69, 9.17) is 9.47 Å². The van der Waals surface area contributed by atoms with Crippen LogP contribution in [0, 0.1) is 5.41 Å². The highest BCUT2D eigenvalue weighted by atomic mass is 16.5. The van der Waals surface area contributed by atoms with Crippen LogP contribution in [0.25, 0.3) is 0 Å². The molecule has 1 aromatic carbocycles. The molecule has 4 heteroatoms. The molecule has 3 aliphatic rings. The van der Waals surface area contributed by atoms with Gasteiger partial charge in [-0.3, -0.25) is 9.80 Å². The molecule has 4 nitrogen and oxygen atoms in total. The number of hydrogen-bond acceptors (Lipinski definition) is 4. The fourth-order valence-electron chi connectivity index (χ4n) is 4.91. The molecule has 4 rings (SSSR count). The molecular formula is C20H30N2O2. The van der Waals surface area contributed by atoms with E-state index in [2.05, 4.69) is 28.0 Å². The van der Waals surface area contributed by atoms with E-state index in [1.807, 2.05) is 6.07 Å². The lowest BCUT2D eigenvalue weighted by molar-refractivity contribution is -0.0976. The van der Waals surface area contributed by atoms with Crippen LogP contribution in [0.1, 0.15) is 31.2 Å². The van der Waals surface area contributed by atoms with Gasteiger partial charge in [0.05, 0.1) is 20.3 Å². The molecule has 1 aromatic rings. The molecule has 132 valence electrons. The van der Waals surface area contributed by atoms with Gasteiger partial charge in [0.1, 0.15) is 5.75 Å². The maximum Gasteiger partial charge on any atom is 0.119 e. The molecule has 0 radical (unpaired) electrons. The van der Waals surface area contributed by atoms with Gasteiger partial charge in [0.25, 0.3) is 0 Å². The summed E-state index contributed by atoms with van der Waals surface area (Å²) < 4.78 is 10.9. The first-order chi connectivity index (χ1) is 11.8. The first kappa shape index (κ1) is 16.4. The molecule has 0 aromatic heterocycles. The van der Waals surface area contributed by atoms with E-state index in [1.165, 1.54) is 44.3 Å². The average molecular weight is 330 g/mol. The van der Waals surface area contributed by atoms with Gasteiger partial charge in [-0.25, -0.2) is 0 Å². The minimum absolute atomic E-state index is 0.599. The summed E-state index contributed by atoms with van der Waals surface area (Å²) in [4.78, 5) is 5.33. The Bertz CT molecular complexity index is 548. The summed E-state index contributed by atoms with van der Waals surface area (Å²) in [7, 11) is 1.74. The van der Waals surface area contributed by atoms with Gasteiger partial charge in [-0.1, -0.05) is 12.1 Å². The molecule has 1 spiro atoms. The van der Waals surface area contributed by atoms with E-state index >= 15 is 0 Å². The van der Waals surface area contributed by atoms with Gasteiger partial charge in [0.2, 0.25) is 0 Å². The quantitative estimate of drug-likeness (QED) is 0.847. The molecule has 2 aliphatic heterocycles. The van der Waals surface area contributed by atoms with Crippen molar-refractivity contribution in [2.24, 2.45) is 5.41 Å². The van der Waals surface area contributed by atoms with Crippen LogP contribution in [0.15, 0.2) is 24.3 Å². The lowest BCUT2D eigenvalue weighted by Gasteiger charge is -2.58. The highest BCUT2D eigenvalue weighted by Crippen LogP contribution is 2.51. The van der Waals surface area contributed by atoms with Gasteiger partial charge in [0, 0.05) is 25.7 Å². The van der Waals surface area contributed by atoms with E-state index in [0.717, 1.165) is 44.6 Å². The highest BCUT2D eigenvalue weighted by Gasteiger charge is 2.50. The number of ether oxygens (including phenoxy) is 2. The molecule has 2 heterocycles. The normalized spacial score (nSPS) is 27.8. The second kappa shape index (κ2) is 7.03. The first-order valence-electron chi connectivity index (χ1n) is 9.46. The van der Waals surface area contributed by atoms with Crippen LogP contribution in [0.4, 0.5) is 0 Å². The van der Waals surface area contributed by atoms with Crippen molar-refractivity contribution in [3.8, 4) is 5.75 Å². The number of rotatable bonds is 4. The van der Waals surface area contributed by atoms with Crippen molar-refractivity contribution >= 4 is 0 Å². The lowest BCUT2D eigenvalue weighted by atomic mass is 9.58. The predicted molar refractivity (Wildman–Crippen MR) is 95.4 cm³/mol. The predicted octanol–water partition coefficient (Wildman–Crippen LogP) is 2.77. The van der Waals surface area contributed by atoms with Crippen LogP contribution in [0.5, 0.6) is 5.75 Å². The molecule has 0 unspecified atom stereocenters. The second-order valence-electron chi connectivity index (χ2n) is 7.69. The van der Waals surface area contributed by atoms with E-state index in [1.54, 1.807) is 7.11 Å². The van der Waals surface area contributed by atoms with Crippen LogP contribution >= 0.6 is 0 Å². The SMILES string of the molecule is COc1cccc(CN2CCC3(CC[C@@H]3N3CCOCC3)CC2)c1. The molecule has 2 saturated heterocycles. The highest BCUT2D eigenvalue weighted by molar-refractivity contribution is 5.28. The zero-order valence-electron chi connectivity index (χ0n) is 14.9. The van der Waals surface area contributed by atoms with Gasteiger partial charge in [-0.05, 0) is 61.9 Å². The minimum Gasteiger partial charge on any atom is -0.497 e. The number of likely N-dealkylation sites (tertiary alicyclic amines) is 1. The number of nitrogens with zero attached hydrogens (tertiary/aromatic N) is 2. The topological polar surface area (TPSA) is 24.9 Å². The van der Waals surface area contributed by atoms with Gasteiger partial charge < -0.3 is 9.47 Å². The third-order valence-electron chi connectivity index (χ3n) is 6.50. The van der Waals surface area contributed by atoms with Crippen molar-refractivity contribution in [1.29, 1.82) is 0 Å². The monoisotopic (exact) mass is 330 g/mol. The Morgan fingerprint density at radius 1 is 1.12 bits per heavy atom. The zero-order valence-corrected chi connectivity index (χ0v) is 14.9. The largest absolute Gasteiger partial charge is 0.497 e. The third-order valence-corrected chi connectivity index (χ3v) is 6.50. The van der Waals surface area contributed by atoms with Crippen molar-refractivity contribution < 1.29 is 9.47 Å². The Hall–Kier alpha value is -1.10. The summed E-state index contributed by atoms with van der Waals surface area (Å²) in [6.07, 6.45) is 5.55. The van der Waals surface area contributed by atoms with Crippen molar-refractivity contribution in [3.05, 3.63) is 29.8 Å². The van der Waals surface area contributed by atoms with Crippen molar-refractivity contribution in [2.75, 3.05) is 46.5 Å². The standard InChI is InChI=1S/C20H30N2O2/c1-23-18-4-2-3-17(15-18)16-21-9-7-20(8-10-21)6-5-19(20)22-11-13-24-14-12-22/h2-4,15,19H,5-14,16H2,1H3/t19-/m0/s1. The fourth-order valence-corrected chi connectivity index (χ4v) is 4.91. The summed E-state index contributed by atoms with van der Waals surface area (Å²) >= 11 is 0. The lowest BCUT2D eigenvalue weighted by Crippen LogP contribution is -2.61. The Labute approximate surface area is 145 Å². The van der Waals surface area contributed by atoms with E-state index in [9.17, 15) is 0 Å². The first-order valence-corrected chi connectivity index (χ1v) is 9.46. The maximum atomic E-state index is 5.54. The van der Waals surface area contributed by atoms with Crippen LogP contribution in [0.3, 0.4) is 0 Å². The summed E-state index contributed by atoms with van der Waals surface area (Å²) in [5, 5.41) is 0. The molecule has 0 bridgehead atoms. The van der Waals surface area contributed by atoms with Crippen LogP contribution < -0.4 is 4.74 Å². The molecule has 0 amide bonds. The number of methoxy groups -OCH3 is 1. The zero-order chi connectivity index (χ0) is 16.4. The number of benzene rings is 1. The fraction of sp³-hybridized carbons (Fsp3) is 0.700. The molecule has 1 saturated carbocycles. The average Bonchev–Trinajstić information content (AvgIpc) is 2.63. The molecule has 0 N–H and O–H groups in total. The van der Waals surface area contributed by atoms with E-state index in [-0.39, 0.29) is 0 Å². The number of hydrogen-bond donors (Lipinski definition) is 0. The maximum absolute atomic E-state index is 5.54. The number of piperidine rings is 1. The number of morpholine rings is 1. The molecule has 3 fully saturated rings. The smallest absolute Gasteiger partial charge is 0.119 e. The van der Waals surface area contributed by atoms with Crippen LogP contribution in [0.2, 0.25) is 0 Å². The van der Waals surface area contributed by atoms with E-state index in [0.29, 0.717) is 5.41 Å². The second-order valence-corrected chi connectivity index (χ2v) is 7.69. The summed E-state index contributed by atoms with van der Waals surface area (Å²) in [6, 6.07) is 9.33. The van der Waals surface area contributed by atoms with Crippen molar-refractivity contribution in [1.82, 2.24) is 9.80 Å². The van der Waals surface area contributed by atoms with Gasteiger partial charge in [-0.15, -0.1) is 0 Å². The molecular weight excluding hydrogens is 300 g/mol. The Kier molecular flexibility index (Phi) is 4.79. The molecule has 1 aliphatic carbocycles. The van der Waals surface area contributed by atoms with Gasteiger partial charge >= 0.3 is 0 Å². The Balaban J connectivity index is 1.33. The van der Waals surface area contributed by atoms with Crippen LogP contribution in [-0.4, -0.2) is 62.3 Å².